The minimum atomic E-state index is -0.612. The van der Waals surface area contributed by atoms with E-state index in [2.05, 4.69) is 10.6 Å². The highest BCUT2D eigenvalue weighted by atomic mass is 19.1. The van der Waals surface area contributed by atoms with Crippen LogP contribution in [-0.2, 0) is 16.1 Å². The van der Waals surface area contributed by atoms with Crippen molar-refractivity contribution in [1.82, 2.24) is 10.2 Å². The van der Waals surface area contributed by atoms with Gasteiger partial charge in [0.15, 0.2) is 6.61 Å². The number of hydrogen-bond acceptors (Lipinski definition) is 4. The van der Waals surface area contributed by atoms with Crippen molar-refractivity contribution in [2.45, 2.75) is 6.54 Å². The van der Waals surface area contributed by atoms with E-state index in [1.165, 1.54) is 18.2 Å². The summed E-state index contributed by atoms with van der Waals surface area (Å²) in [5.41, 5.74) is 1.67. The van der Waals surface area contributed by atoms with Gasteiger partial charge in [0.05, 0.1) is 6.54 Å². The zero-order valence-corrected chi connectivity index (χ0v) is 17.5. The maximum Gasteiger partial charge on any atom is 0.329 e. The predicted molar refractivity (Wildman–Crippen MR) is 120 cm³/mol. The van der Waals surface area contributed by atoms with Crippen LogP contribution in [-0.4, -0.2) is 29.4 Å². The van der Waals surface area contributed by atoms with Crippen LogP contribution in [0.25, 0.3) is 6.08 Å². The molecule has 2 N–H and O–H groups in total. The van der Waals surface area contributed by atoms with Gasteiger partial charge in [-0.05, 0) is 42.0 Å². The lowest BCUT2D eigenvalue weighted by molar-refractivity contribution is -0.123. The number of carbonyl (C=O) groups excluding carboxylic acids is 3. The number of carbonyl (C=O) groups is 3. The summed E-state index contributed by atoms with van der Waals surface area (Å²) in [4.78, 5) is 37.8. The molecule has 4 rings (SSSR count). The van der Waals surface area contributed by atoms with Crippen LogP contribution in [0.3, 0.4) is 0 Å². The average Bonchev–Trinajstić information content (AvgIpc) is 3.08. The van der Waals surface area contributed by atoms with Crippen molar-refractivity contribution in [2.75, 3.05) is 11.9 Å². The van der Waals surface area contributed by atoms with Crippen molar-refractivity contribution in [1.29, 1.82) is 0 Å². The molecule has 0 bridgehead atoms. The molecule has 1 saturated heterocycles. The van der Waals surface area contributed by atoms with Crippen LogP contribution in [0, 0.1) is 5.82 Å². The lowest BCUT2D eigenvalue weighted by Crippen LogP contribution is -2.30. The van der Waals surface area contributed by atoms with Crippen LogP contribution in [0.2, 0.25) is 0 Å². The second-order valence-corrected chi connectivity index (χ2v) is 7.24. The Morgan fingerprint density at radius 3 is 2.39 bits per heavy atom. The van der Waals surface area contributed by atoms with E-state index in [0.717, 1.165) is 4.90 Å². The molecule has 33 heavy (non-hydrogen) atoms. The fourth-order valence-electron chi connectivity index (χ4n) is 3.21. The molecule has 8 heteroatoms. The van der Waals surface area contributed by atoms with Gasteiger partial charge in [-0.25, -0.2) is 9.18 Å². The highest BCUT2D eigenvalue weighted by Gasteiger charge is 2.33. The number of nitrogens with one attached hydrogen (secondary N) is 2. The molecule has 4 amide bonds. The summed E-state index contributed by atoms with van der Waals surface area (Å²) in [7, 11) is 0. The van der Waals surface area contributed by atoms with Gasteiger partial charge in [0, 0.05) is 11.3 Å². The minimum absolute atomic E-state index is 0.0900. The molecule has 0 atom stereocenters. The Kier molecular flexibility index (Phi) is 6.45. The van der Waals surface area contributed by atoms with E-state index in [9.17, 15) is 18.8 Å². The Balaban J connectivity index is 1.35. The third-order valence-corrected chi connectivity index (χ3v) is 4.87. The van der Waals surface area contributed by atoms with Crippen molar-refractivity contribution in [3.05, 3.63) is 102 Å². The molecule has 166 valence electrons. The van der Waals surface area contributed by atoms with Gasteiger partial charge in [-0.2, -0.15) is 0 Å². The number of urea groups is 1. The number of ether oxygens (including phenoxy) is 1. The normalized spacial score (nSPS) is 14.3. The van der Waals surface area contributed by atoms with E-state index < -0.39 is 17.8 Å². The summed E-state index contributed by atoms with van der Waals surface area (Å²) in [6, 6.07) is 21.1. The van der Waals surface area contributed by atoms with E-state index in [1.807, 2.05) is 18.2 Å². The van der Waals surface area contributed by atoms with Crippen molar-refractivity contribution in [3.8, 4) is 5.75 Å². The van der Waals surface area contributed by atoms with E-state index in [-0.39, 0.29) is 30.3 Å². The number of imide groups is 1. The van der Waals surface area contributed by atoms with Gasteiger partial charge in [0.2, 0.25) is 0 Å². The predicted octanol–water partition coefficient (Wildman–Crippen LogP) is 3.94. The molecule has 0 unspecified atom stereocenters. The molecular formula is C25H20FN3O4. The highest BCUT2D eigenvalue weighted by Crippen LogP contribution is 2.20. The molecule has 3 aromatic carbocycles. The number of benzene rings is 3. The SMILES string of the molecule is O=C(COc1ccc(/C=C2/NC(=O)N(Cc3ccccc3F)C2=O)cc1)Nc1ccccc1. The number of para-hydroxylation sites is 1. The Hall–Kier alpha value is -4.46. The molecule has 1 aliphatic heterocycles. The Morgan fingerprint density at radius 2 is 1.67 bits per heavy atom. The van der Waals surface area contributed by atoms with Crippen LogP contribution in [0.5, 0.6) is 5.75 Å². The highest BCUT2D eigenvalue weighted by molar-refractivity contribution is 6.13. The molecule has 0 saturated carbocycles. The summed E-state index contributed by atoms with van der Waals surface area (Å²) < 4.78 is 19.4. The van der Waals surface area contributed by atoms with Crippen molar-refractivity contribution in [2.24, 2.45) is 0 Å². The van der Waals surface area contributed by atoms with Crippen molar-refractivity contribution < 1.29 is 23.5 Å². The lowest BCUT2D eigenvalue weighted by atomic mass is 10.1. The van der Waals surface area contributed by atoms with Gasteiger partial charge < -0.3 is 15.4 Å². The first kappa shape index (κ1) is 21.8. The first-order valence-corrected chi connectivity index (χ1v) is 10.2. The van der Waals surface area contributed by atoms with Gasteiger partial charge in [-0.15, -0.1) is 0 Å². The lowest BCUT2D eigenvalue weighted by Gasteiger charge is -2.12. The van der Waals surface area contributed by atoms with Crippen LogP contribution in [0.4, 0.5) is 14.9 Å². The summed E-state index contributed by atoms with van der Waals surface area (Å²) >= 11 is 0. The molecular weight excluding hydrogens is 425 g/mol. The number of rotatable bonds is 7. The number of hydrogen-bond donors (Lipinski definition) is 2. The first-order valence-electron chi connectivity index (χ1n) is 10.2. The van der Waals surface area contributed by atoms with E-state index in [1.54, 1.807) is 48.5 Å². The van der Waals surface area contributed by atoms with E-state index >= 15 is 0 Å². The molecule has 1 fully saturated rings. The second kappa shape index (κ2) is 9.78. The molecule has 0 radical (unpaired) electrons. The quantitative estimate of drug-likeness (QED) is 0.426. The molecule has 0 aliphatic carbocycles. The summed E-state index contributed by atoms with van der Waals surface area (Å²) in [6.45, 7) is -0.318. The largest absolute Gasteiger partial charge is 0.484 e. The fourth-order valence-corrected chi connectivity index (χ4v) is 3.21. The molecule has 3 aromatic rings. The molecule has 1 heterocycles. The zero-order valence-electron chi connectivity index (χ0n) is 17.5. The van der Waals surface area contributed by atoms with E-state index in [4.69, 9.17) is 4.74 Å². The first-order chi connectivity index (χ1) is 16.0. The van der Waals surface area contributed by atoms with Gasteiger partial charge in [-0.3, -0.25) is 14.5 Å². The van der Waals surface area contributed by atoms with Gasteiger partial charge in [0.1, 0.15) is 17.3 Å². The number of amides is 4. The monoisotopic (exact) mass is 445 g/mol. The third-order valence-electron chi connectivity index (χ3n) is 4.87. The topological polar surface area (TPSA) is 87.7 Å². The smallest absolute Gasteiger partial charge is 0.329 e. The van der Waals surface area contributed by atoms with Crippen molar-refractivity contribution >= 4 is 29.6 Å². The van der Waals surface area contributed by atoms with Crippen molar-refractivity contribution in [3.63, 3.8) is 0 Å². The number of halogens is 1. The Bertz CT molecular complexity index is 1210. The number of nitrogens with zero attached hydrogens (tertiary/aromatic N) is 1. The van der Waals surface area contributed by atoms with Crippen LogP contribution >= 0.6 is 0 Å². The van der Waals surface area contributed by atoms with Crippen LogP contribution in [0.15, 0.2) is 84.6 Å². The Labute approximate surface area is 189 Å². The Morgan fingerprint density at radius 1 is 0.970 bits per heavy atom. The maximum absolute atomic E-state index is 13.9. The molecule has 0 aromatic heterocycles. The minimum Gasteiger partial charge on any atom is -0.484 e. The molecule has 1 aliphatic rings. The third kappa shape index (κ3) is 5.43. The zero-order chi connectivity index (χ0) is 23.2. The van der Waals surface area contributed by atoms with E-state index in [0.29, 0.717) is 17.0 Å². The van der Waals surface area contributed by atoms with Crippen LogP contribution < -0.4 is 15.4 Å². The van der Waals surface area contributed by atoms with Gasteiger partial charge in [0.25, 0.3) is 11.8 Å². The average molecular weight is 445 g/mol. The standard InChI is InChI=1S/C25H20FN3O4/c26-21-9-5-4-6-18(21)15-29-24(31)22(28-25(29)32)14-17-10-12-20(13-11-17)33-16-23(30)27-19-7-2-1-3-8-19/h1-14H,15-16H2,(H,27,30)(H,28,32)/b22-14+. The molecule has 0 spiro atoms. The molecule has 7 nitrogen and oxygen atoms in total. The maximum atomic E-state index is 13.9. The second-order valence-electron chi connectivity index (χ2n) is 7.24. The number of anilines is 1. The van der Waals surface area contributed by atoms with Crippen LogP contribution in [0.1, 0.15) is 11.1 Å². The summed E-state index contributed by atoms with van der Waals surface area (Å²) in [6.07, 6.45) is 1.52. The summed E-state index contributed by atoms with van der Waals surface area (Å²) in [5, 5.41) is 5.24. The van der Waals surface area contributed by atoms with Gasteiger partial charge in [-0.1, -0.05) is 48.5 Å². The van der Waals surface area contributed by atoms with Gasteiger partial charge >= 0.3 is 6.03 Å². The fraction of sp³-hybridized carbons (Fsp3) is 0.0800. The summed E-state index contributed by atoms with van der Waals surface area (Å²) in [5.74, 6) is -0.838.